The maximum absolute atomic E-state index is 11.7. The Bertz CT molecular complexity index is 721. The number of carbonyl (C=O) groups is 1. The number of benzene rings is 2. The Hall–Kier alpha value is -2.93. The molecule has 7 nitrogen and oxygen atoms in total. The van der Waals surface area contributed by atoms with Crippen molar-refractivity contribution in [2.24, 2.45) is 0 Å². The van der Waals surface area contributed by atoms with Crippen LogP contribution >= 0.6 is 0 Å². The fourth-order valence-corrected chi connectivity index (χ4v) is 2.27. The fraction of sp³-hybridized carbons (Fsp3) is 0.316. The predicted octanol–water partition coefficient (Wildman–Crippen LogP) is 3.26. The summed E-state index contributed by atoms with van der Waals surface area (Å²) in [5.74, 6) is 0.00184. The lowest BCUT2D eigenvalue weighted by Gasteiger charge is -2.13. The van der Waals surface area contributed by atoms with Crippen molar-refractivity contribution in [3.8, 4) is 5.75 Å². The molecule has 0 radical (unpaired) electrons. The first-order chi connectivity index (χ1) is 12.6. The molecule has 1 amide bonds. The molecular weight excluding hydrogens is 336 g/mol. The van der Waals surface area contributed by atoms with Crippen molar-refractivity contribution < 1.29 is 19.2 Å². The summed E-state index contributed by atoms with van der Waals surface area (Å²) in [6.45, 7) is 2.80. The molecule has 0 aliphatic rings. The Morgan fingerprint density at radius 1 is 1.19 bits per heavy atom. The van der Waals surface area contributed by atoms with Crippen molar-refractivity contribution in [3.05, 3.63) is 70.3 Å². The van der Waals surface area contributed by atoms with Crippen LogP contribution < -0.4 is 10.1 Å². The first kappa shape index (κ1) is 19.4. The van der Waals surface area contributed by atoms with Gasteiger partial charge in [0.25, 0.3) is 11.6 Å². The minimum absolute atomic E-state index is 0.00380. The smallest absolute Gasteiger partial charge is 0.273 e. The summed E-state index contributed by atoms with van der Waals surface area (Å²) < 4.78 is 11.0. The quantitative estimate of drug-likeness (QED) is 0.400. The highest BCUT2D eigenvalue weighted by Crippen LogP contribution is 2.19. The van der Waals surface area contributed by atoms with E-state index >= 15 is 0 Å². The lowest BCUT2D eigenvalue weighted by molar-refractivity contribution is -0.384. The zero-order valence-corrected chi connectivity index (χ0v) is 14.6. The summed E-state index contributed by atoms with van der Waals surface area (Å²) >= 11 is 0. The van der Waals surface area contributed by atoms with Gasteiger partial charge < -0.3 is 14.8 Å². The van der Waals surface area contributed by atoms with Crippen LogP contribution in [0.15, 0.2) is 54.6 Å². The summed E-state index contributed by atoms with van der Waals surface area (Å²) in [7, 11) is 0. The van der Waals surface area contributed by atoms with Gasteiger partial charge >= 0.3 is 0 Å². The van der Waals surface area contributed by atoms with Crippen LogP contribution in [0.1, 0.15) is 25.0 Å². The lowest BCUT2D eigenvalue weighted by Crippen LogP contribution is -2.30. The molecule has 0 heterocycles. The summed E-state index contributed by atoms with van der Waals surface area (Å²) in [5.41, 5.74) is 1.04. The third-order valence-electron chi connectivity index (χ3n) is 3.68. The van der Waals surface area contributed by atoms with E-state index in [1.807, 2.05) is 37.3 Å². The Kier molecular flexibility index (Phi) is 7.57. The van der Waals surface area contributed by atoms with Crippen LogP contribution in [0.2, 0.25) is 0 Å². The average Bonchev–Trinajstić information content (AvgIpc) is 2.66. The Labute approximate surface area is 152 Å². The van der Waals surface area contributed by atoms with Gasteiger partial charge in [-0.1, -0.05) is 36.4 Å². The number of hydrogen-bond donors (Lipinski definition) is 1. The number of amides is 1. The number of nitro groups is 1. The molecule has 0 saturated carbocycles. The highest BCUT2D eigenvalue weighted by molar-refractivity contribution is 5.77. The molecular formula is C19H22N2O5. The van der Waals surface area contributed by atoms with E-state index in [1.165, 1.54) is 18.2 Å². The number of non-ortho nitro benzene ring substituents is 1. The van der Waals surface area contributed by atoms with E-state index in [0.717, 1.165) is 5.56 Å². The summed E-state index contributed by atoms with van der Waals surface area (Å²) in [5, 5.41) is 13.4. The molecule has 1 atom stereocenters. The number of nitro benzene ring substituents is 1. The van der Waals surface area contributed by atoms with E-state index in [1.54, 1.807) is 6.07 Å². The summed E-state index contributed by atoms with van der Waals surface area (Å²) in [4.78, 5) is 21.9. The molecule has 1 unspecified atom stereocenters. The van der Waals surface area contributed by atoms with E-state index in [9.17, 15) is 14.9 Å². The van der Waals surface area contributed by atoms with Crippen molar-refractivity contribution in [3.63, 3.8) is 0 Å². The number of carbonyl (C=O) groups excluding carboxylic acids is 1. The van der Waals surface area contributed by atoms with Crippen LogP contribution in [-0.4, -0.2) is 30.6 Å². The number of nitrogens with zero attached hydrogens (tertiary/aromatic N) is 1. The molecule has 138 valence electrons. The molecule has 0 aromatic heterocycles. The number of rotatable bonds is 10. The van der Waals surface area contributed by atoms with E-state index in [0.29, 0.717) is 19.6 Å². The van der Waals surface area contributed by atoms with Gasteiger partial charge in [0.05, 0.1) is 17.1 Å². The maximum atomic E-state index is 11.7. The van der Waals surface area contributed by atoms with Crippen molar-refractivity contribution in [2.45, 2.75) is 19.4 Å². The van der Waals surface area contributed by atoms with E-state index < -0.39 is 4.92 Å². The van der Waals surface area contributed by atoms with E-state index in [2.05, 4.69) is 5.32 Å². The van der Waals surface area contributed by atoms with E-state index in [4.69, 9.17) is 9.47 Å². The molecule has 0 saturated heterocycles. The fourth-order valence-electron chi connectivity index (χ4n) is 2.27. The third kappa shape index (κ3) is 6.52. The van der Waals surface area contributed by atoms with Gasteiger partial charge in [-0.05, 0) is 25.0 Å². The number of hydrogen-bond acceptors (Lipinski definition) is 5. The number of ether oxygens (including phenoxy) is 2. The second-order valence-corrected chi connectivity index (χ2v) is 5.67. The van der Waals surface area contributed by atoms with Gasteiger partial charge in [-0.3, -0.25) is 14.9 Å². The normalized spacial score (nSPS) is 11.6. The molecule has 2 aromatic carbocycles. The maximum Gasteiger partial charge on any atom is 0.273 e. The summed E-state index contributed by atoms with van der Waals surface area (Å²) in [6, 6.07) is 15.6. The Balaban J connectivity index is 1.60. The van der Waals surface area contributed by atoms with Gasteiger partial charge in [-0.2, -0.15) is 0 Å². The van der Waals surface area contributed by atoms with Crippen LogP contribution in [-0.2, 0) is 9.53 Å². The standard InChI is InChI=1S/C19H22N2O5/c1-15(16-7-3-2-4-8-16)25-12-6-11-20-19(22)14-26-18-10-5-9-17(13-18)21(23)24/h2-5,7-10,13,15H,6,11-12,14H2,1H3,(H,20,22). The minimum atomic E-state index is -0.511. The van der Waals surface area contributed by atoms with Crippen molar-refractivity contribution in [1.29, 1.82) is 0 Å². The van der Waals surface area contributed by atoms with Crippen molar-refractivity contribution in [1.82, 2.24) is 5.32 Å². The van der Waals surface area contributed by atoms with Crippen LogP contribution in [0, 0.1) is 10.1 Å². The average molecular weight is 358 g/mol. The molecule has 0 aliphatic carbocycles. The molecule has 0 spiro atoms. The molecule has 0 aliphatic heterocycles. The van der Waals surface area contributed by atoms with Gasteiger partial charge in [0.15, 0.2) is 6.61 Å². The topological polar surface area (TPSA) is 90.7 Å². The lowest BCUT2D eigenvalue weighted by atomic mass is 10.1. The third-order valence-corrected chi connectivity index (χ3v) is 3.68. The molecule has 7 heteroatoms. The zero-order valence-electron chi connectivity index (χ0n) is 14.6. The molecule has 1 N–H and O–H groups in total. The summed E-state index contributed by atoms with van der Waals surface area (Å²) in [6.07, 6.45) is 0.684. The second-order valence-electron chi connectivity index (χ2n) is 5.67. The second kappa shape index (κ2) is 10.1. The zero-order chi connectivity index (χ0) is 18.8. The minimum Gasteiger partial charge on any atom is -0.484 e. The molecule has 26 heavy (non-hydrogen) atoms. The van der Waals surface area contributed by atoms with Crippen LogP contribution in [0.4, 0.5) is 5.69 Å². The number of nitrogens with one attached hydrogen (secondary N) is 1. The van der Waals surface area contributed by atoms with Crippen molar-refractivity contribution >= 4 is 11.6 Å². The Morgan fingerprint density at radius 3 is 2.69 bits per heavy atom. The first-order valence-electron chi connectivity index (χ1n) is 8.37. The highest BCUT2D eigenvalue weighted by atomic mass is 16.6. The largest absolute Gasteiger partial charge is 0.484 e. The SMILES string of the molecule is CC(OCCCNC(=O)COc1cccc([N+](=O)[O-])c1)c1ccccc1. The van der Waals surface area contributed by atoms with Crippen molar-refractivity contribution in [2.75, 3.05) is 19.8 Å². The van der Waals surface area contributed by atoms with Gasteiger partial charge in [0.1, 0.15) is 5.75 Å². The molecule has 0 fully saturated rings. The van der Waals surface area contributed by atoms with Gasteiger partial charge in [-0.25, -0.2) is 0 Å². The van der Waals surface area contributed by atoms with Crippen LogP contribution in [0.25, 0.3) is 0 Å². The van der Waals surface area contributed by atoms with Crippen LogP contribution in [0.3, 0.4) is 0 Å². The predicted molar refractivity (Wildman–Crippen MR) is 97.0 cm³/mol. The van der Waals surface area contributed by atoms with Gasteiger partial charge in [0.2, 0.25) is 0 Å². The van der Waals surface area contributed by atoms with Crippen LogP contribution in [0.5, 0.6) is 5.75 Å². The Morgan fingerprint density at radius 2 is 1.96 bits per heavy atom. The van der Waals surface area contributed by atoms with Gasteiger partial charge in [-0.15, -0.1) is 0 Å². The molecule has 2 aromatic rings. The van der Waals surface area contributed by atoms with Gasteiger partial charge in [0, 0.05) is 19.2 Å². The van der Waals surface area contributed by atoms with E-state index in [-0.39, 0.29) is 30.1 Å². The first-order valence-corrected chi connectivity index (χ1v) is 8.37. The monoisotopic (exact) mass is 358 g/mol. The molecule has 0 bridgehead atoms. The highest BCUT2D eigenvalue weighted by Gasteiger charge is 2.08. The molecule has 2 rings (SSSR count).